The van der Waals surface area contributed by atoms with Gasteiger partial charge in [0.15, 0.2) is 0 Å². The Morgan fingerprint density at radius 2 is 1.68 bits per heavy atom. The summed E-state index contributed by atoms with van der Waals surface area (Å²) in [6.45, 7) is 6.16. The highest BCUT2D eigenvalue weighted by molar-refractivity contribution is 6.07. The number of aliphatic hydroxyl groups is 1. The van der Waals surface area contributed by atoms with Crippen LogP contribution < -0.4 is 20.7 Å². The van der Waals surface area contributed by atoms with Gasteiger partial charge in [-0.3, -0.25) is 9.69 Å². The number of nitrogens with zero attached hydrogens (tertiary/aromatic N) is 2. The van der Waals surface area contributed by atoms with Crippen molar-refractivity contribution in [2.24, 2.45) is 5.92 Å². The standard InChI is InChI=1S/C36H45N5O5.ClH/c1-24-10-8-9-13-29(24)38-34(44)39-31-17-16-26(21-32(31)46-4)23-40-35(45)41(33(43)36(40,2)3)28(20-25-14-15-25)22-37-30(18-19-42)27-11-6-5-7-12-27;/h5-13,16-17,21,25,28,30,37,42H,14-15,18-20,22-23H2,1-4H3,(H2,38,39,44);1H/t28-,30+;/m1./s1. The molecule has 4 N–H and O–H groups in total. The number of methoxy groups -OCH3 is 1. The minimum Gasteiger partial charge on any atom is -0.495 e. The first-order valence-electron chi connectivity index (χ1n) is 16.0. The number of ether oxygens (including phenoxy) is 1. The van der Waals surface area contributed by atoms with Gasteiger partial charge in [0.2, 0.25) is 0 Å². The third-order valence-electron chi connectivity index (χ3n) is 8.99. The summed E-state index contributed by atoms with van der Waals surface area (Å²) in [5, 5.41) is 19.0. The first kappa shape index (κ1) is 35.7. The Hall–Kier alpha value is -4.12. The van der Waals surface area contributed by atoms with E-state index in [-0.39, 0.29) is 49.6 Å². The fraction of sp³-hybridized carbons (Fsp3) is 0.417. The van der Waals surface area contributed by atoms with Crippen LogP contribution in [0.2, 0.25) is 0 Å². The van der Waals surface area contributed by atoms with Gasteiger partial charge in [-0.25, -0.2) is 9.59 Å². The number of urea groups is 2. The van der Waals surface area contributed by atoms with Gasteiger partial charge in [0.1, 0.15) is 11.3 Å². The van der Waals surface area contributed by atoms with Crippen LogP contribution in [0.15, 0.2) is 72.8 Å². The predicted molar refractivity (Wildman–Crippen MR) is 186 cm³/mol. The lowest BCUT2D eigenvalue weighted by Crippen LogP contribution is -2.48. The zero-order valence-corrected chi connectivity index (χ0v) is 28.3. The van der Waals surface area contributed by atoms with Crippen molar-refractivity contribution in [2.45, 2.75) is 70.6 Å². The number of amides is 5. The molecule has 2 aliphatic rings. The van der Waals surface area contributed by atoms with E-state index in [9.17, 15) is 19.5 Å². The number of halogens is 1. The molecule has 0 bridgehead atoms. The summed E-state index contributed by atoms with van der Waals surface area (Å²) in [6, 6.07) is 21.7. The maximum absolute atomic E-state index is 14.1. The lowest BCUT2D eigenvalue weighted by molar-refractivity contribution is -0.133. The summed E-state index contributed by atoms with van der Waals surface area (Å²) >= 11 is 0. The fourth-order valence-electron chi connectivity index (χ4n) is 6.06. The number of hydrogen-bond acceptors (Lipinski definition) is 6. The quantitative estimate of drug-likeness (QED) is 0.146. The van der Waals surface area contributed by atoms with Gasteiger partial charge in [-0.05, 0) is 74.4 Å². The molecule has 1 saturated carbocycles. The van der Waals surface area contributed by atoms with Crippen LogP contribution in [0.1, 0.15) is 62.3 Å². The number of aliphatic hydroxyl groups excluding tert-OH is 1. The van der Waals surface area contributed by atoms with Gasteiger partial charge in [0.05, 0.1) is 18.8 Å². The Morgan fingerprint density at radius 3 is 2.34 bits per heavy atom. The predicted octanol–water partition coefficient (Wildman–Crippen LogP) is 6.49. The number of nitrogens with one attached hydrogen (secondary N) is 3. The summed E-state index contributed by atoms with van der Waals surface area (Å²) in [4.78, 5) is 43.8. The first-order valence-corrected chi connectivity index (χ1v) is 16.0. The third-order valence-corrected chi connectivity index (χ3v) is 8.99. The molecular formula is C36H46ClN5O5. The summed E-state index contributed by atoms with van der Waals surface area (Å²) in [6.07, 6.45) is 3.47. The molecule has 1 aliphatic carbocycles. The van der Waals surface area contributed by atoms with Crippen LogP contribution in [-0.2, 0) is 11.3 Å². The van der Waals surface area contributed by atoms with Crippen molar-refractivity contribution in [2.75, 3.05) is 30.9 Å². The number of imide groups is 1. The number of carbonyl (C=O) groups excluding carboxylic acids is 3. The molecule has 3 aromatic rings. The molecule has 11 heteroatoms. The van der Waals surface area contributed by atoms with Crippen LogP contribution >= 0.6 is 12.4 Å². The molecule has 3 aromatic carbocycles. The number of rotatable bonds is 14. The second kappa shape index (κ2) is 15.6. The third kappa shape index (κ3) is 8.43. The van der Waals surface area contributed by atoms with E-state index in [0.717, 1.165) is 36.0 Å². The Bertz CT molecular complexity index is 1550. The molecule has 1 heterocycles. The summed E-state index contributed by atoms with van der Waals surface area (Å²) in [5.74, 6) is 0.711. The summed E-state index contributed by atoms with van der Waals surface area (Å²) < 4.78 is 5.60. The number of para-hydroxylation sites is 1. The molecule has 1 saturated heterocycles. The average Bonchev–Trinajstić information content (AvgIpc) is 3.85. The van der Waals surface area contributed by atoms with E-state index in [1.165, 1.54) is 12.0 Å². The van der Waals surface area contributed by atoms with Crippen LogP contribution in [0.4, 0.5) is 21.0 Å². The number of carbonyl (C=O) groups is 3. The Labute approximate surface area is 283 Å². The molecule has 2 fully saturated rings. The van der Waals surface area contributed by atoms with E-state index in [0.29, 0.717) is 36.0 Å². The molecule has 0 unspecified atom stereocenters. The molecule has 47 heavy (non-hydrogen) atoms. The second-order valence-corrected chi connectivity index (χ2v) is 12.7. The topological polar surface area (TPSA) is 123 Å². The molecule has 5 amide bonds. The van der Waals surface area contributed by atoms with Gasteiger partial charge in [-0.15, -0.1) is 12.4 Å². The minimum absolute atomic E-state index is 0. The maximum atomic E-state index is 14.1. The molecule has 1 aliphatic heterocycles. The summed E-state index contributed by atoms with van der Waals surface area (Å²) in [7, 11) is 1.52. The number of anilines is 2. The molecule has 10 nitrogen and oxygen atoms in total. The average molecular weight is 664 g/mol. The molecular weight excluding hydrogens is 618 g/mol. The molecule has 0 spiro atoms. The smallest absolute Gasteiger partial charge is 0.328 e. The Kier molecular flexibility index (Phi) is 11.9. The largest absolute Gasteiger partial charge is 0.495 e. The van der Waals surface area contributed by atoms with E-state index < -0.39 is 11.6 Å². The SMILES string of the molecule is COc1cc(CN2C(=O)N([C@@H](CN[C@@H](CCO)c3ccccc3)CC3CC3)C(=O)C2(C)C)ccc1NC(=O)Nc1ccccc1C.Cl. The molecule has 252 valence electrons. The highest BCUT2D eigenvalue weighted by Gasteiger charge is 2.53. The normalized spacial score (nSPS) is 16.8. The van der Waals surface area contributed by atoms with Crippen LogP contribution in [-0.4, -0.2) is 64.7 Å². The lowest BCUT2D eigenvalue weighted by Gasteiger charge is -2.29. The van der Waals surface area contributed by atoms with Crippen LogP contribution in [0.3, 0.4) is 0 Å². The molecule has 5 rings (SSSR count). The summed E-state index contributed by atoms with van der Waals surface area (Å²) in [5.41, 5.74) is 2.90. The second-order valence-electron chi connectivity index (χ2n) is 12.7. The zero-order chi connectivity index (χ0) is 32.8. The van der Waals surface area contributed by atoms with E-state index in [2.05, 4.69) is 16.0 Å². The minimum atomic E-state index is -1.06. The van der Waals surface area contributed by atoms with E-state index in [4.69, 9.17) is 4.74 Å². The number of hydrogen-bond donors (Lipinski definition) is 4. The molecule has 0 aromatic heterocycles. The highest BCUT2D eigenvalue weighted by atomic mass is 35.5. The van der Waals surface area contributed by atoms with Crippen LogP contribution in [0, 0.1) is 12.8 Å². The van der Waals surface area contributed by atoms with Crippen molar-refractivity contribution in [1.82, 2.24) is 15.1 Å². The van der Waals surface area contributed by atoms with Gasteiger partial charge in [0.25, 0.3) is 5.91 Å². The number of aryl methyl sites for hydroxylation is 1. The van der Waals surface area contributed by atoms with Gasteiger partial charge in [-0.2, -0.15) is 0 Å². The van der Waals surface area contributed by atoms with Crippen molar-refractivity contribution >= 4 is 41.8 Å². The van der Waals surface area contributed by atoms with Gasteiger partial charge in [-0.1, -0.05) is 67.4 Å². The monoisotopic (exact) mass is 663 g/mol. The van der Waals surface area contributed by atoms with E-state index >= 15 is 0 Å². The van der Waals surface area contributed by atoms with Crippen LogP contribution in [0.5, 0.6) is 5.75 Å². The maximum Gasteiger partial charge on any atom is 0.328 e. The van der Waals surface area contributed by atoms with Crippen molar-refractivity contribution in [3.05, 3.63) is 89.5 Å². The Morgan fingerprint density at radius 1 is 1.00 bits per heavy atom. The van der Waals surface area contributed by atoms with Crippen LogP contribution in [0.25, 0.3) is 0 Å². The fourth-order valence-corrected chi connectivity index (χ4v) is 6.06. The van der Waals surface area contributed by atoms with Gasteiger partial charge in [0, 0.05) is 31.4 Å². The highest BCUT2D eigenvalue weighted by Crippen LogP contribution is 2.39. The van der Waals surface area contributed by atoms with E-state index in [1.807, 2.05) is 67.6 Å². The molecule has 2 atom stereocenters. The van der Waals surface area contributed by atoms with Crippen molar-refractivity contribution in [3.8, 4) is 5.75 Å². The van der Waals surface area contributed by atoms with Gasteiger partial charge >= 0.3 is 12.1 Å². The zero-order valence-electron chi connectivity index (χ0n) is 27.5. The van der Waals surface area contributed by atoms with Crippen molar-refractivity contribution in [1.29, 1.82) is 0 Å². The van der Waals surface area contributed by atoms with E-state index in [1.54, 1.807) is 30.9 Å². The molecule has 0 radical (unpaired) electrons. The Balaban J connectivity index is 0.00000500. The first-order chi connectivity index (χ1) is 22.1. The van der Waals surface area contributed by atoms with Crippen molar-refractivity contribution < 1.29 is 24.2 Å². The lowest BCUT2D eigenvalue weighted by atomic mass is 10.0. The van der Waals surface area contributed by atoms with Gasteiger partial charge < -0.3 is 30.7 Å². The number of benzene rings is 3. The van der Waals surface area contributed by atoms with Crippen molar-refractivity contribution in [3.63, 3.8) is 0 Å².